The molecule has 36 heavy (non-hydrogen) atoms. The molecule has 1 aliphatic heterocycles. The van der Waals surface area contributed by atoms with Gasteiger partial charge >= 0.3 is 0 Å². The normalized spacial score (nSPS) is 22.7. The van der Waals surface area contributed by atoms with Crippen LogP contribution in [-0.2, 0) is 11.5 Å². The SMILES string of the molecule is C[Si](C)(C)CCOCn1ccc2c3c(cnc21)C(=O)N(CC#N)CN3[C@H]1CC[C@H](CNC2CC2)CC1. The highest BCUT2D eigenvalue weighted by molar-refractivity contribution is 6.76. The van der Waals surface area contributed by atoms with Crippen molar-refractivity contribution in [3.63, 3.8) is 0 Å². The monoisotopic (exact) mass is 508 g/mol. The Balaban J connectivity index is 1.36. The number of nitriles is 1. The first kappa shape index (κ1) is 25.2. The minimum Gasteiger partial charge on any atom is -0.361 e. The van der Waals surface area contributed by atoms with E-state index in [1.54, 1.807) is 11.1 Å². The van der Waals surface area contributed by atoms with Crippen molar-refractivity contribution in [3.05, 3.63) is 24.0 Å². The summed E-state index contributed by atoms with van der Waals surface area (Å²) in [6, 6.07) is 6.50. The van der Waals surface area contributed by atoms with Gasteiger partial charge in [-0.1, -0.05) is 19.6 Å². The molecule has 3 aliphatic rings. The van der Waals surface area contributed by atoms with E-state index in [1.807, 2.05) is 10.8 Å². The Bertz CT molecular complexity index is 1120. The maximum Gasteiger partial charge on any atom is 0.259 e. The Morgan fingerprint density at radius 2 is 1.97 bits per heavy atom. The molecular weight excluding hydrogens is 468 g/mol. The van der Waals surface area contributed by atoms with E-state index in [2.05, 4.69) is 42.0 Å². The molecule has 1 N–H and O–H groups in total. The highest BCUT2D eigenvalue weighted by atomic mass is 28.3. The Morgan fingerprint density at radius 3 is 2.67 bits per heavy atom. The third kappa shape index (κ3) is 5.61. The van der Waals surface area contributed by atoms with E-state index in [4.69, 9.17) is 9.72 Å². The quantitative estimate of drug-likeness (QED) is 0.291. The van der Waals surface area contributed by atoms with Gasteiger partial charge in [0.1, 0.15) is 18.9 Å². The number of carbonyl (C=O) groups excluding carboxylic acids is 1. The number of nitrogens with one attached hydrogen (secondary N) is 1. The van der Waals surface area contributed by atoms with Gasteiger partial charge in [0.05, 0.1) is 24.0 Å². The van der Waals surface area contributed by atoms with Crippen LogP contribution in [0.2, 0.25) is 25.7 Å². The minimum absolute atomic E-state index is 0.0966. The van der Waals surface area contributed by atoms with Crippen molar-refractivity contribution in [1.82, 2.24) is 19.8 Å². The summed E-state index contributed by atoms with van der Waals surface area (Å²) in [6.07, 6.45) is 11.0. The molecule has 1 amide bonds. The first-order chi connectivity index (χ1) is 17.3. The molecule has 2 saturated carbocycles. The third-order valence-corrected chi connectivity index (χ3v) is 9.61. The average molecular weight is 509 g/mol. The molecule has 2 aromatic rings. The molecule has 3 heterocycles. The fraction of sp³-hybridized carbons (Fsp3) is 0.667. The van der Waals surface area contributed by atoms with Crippen molar-refractivity contribution in [2.75, 3.05) is 31.3 Å². The van der Waals surface area contributed by atoms with E-state index < -0.39 is 8.07 Å². The van der Waals surface area contributed by atoms with E-state index in [9.17, 15) is 10.1 Å². The van der Waals surface area contributed by atoms with E-state index >= 15 is 0 Å². The van der Waals surface area contributed by atoms with Crippen molar-refractivity contribution in [2.24, 2.45) is 5.92 Å². The summed E-state index contributed by atoms with van der Waals surface area (Å²) < 4.78 is 8.05. The van der Waals surface area contributed by atoms with Gasteiger partial charge < -0.3 is 24.4 Å². The Morgan fingerprint density at radius 1 is 1.19 bits per heavy atom. The van der Waals surface area contributed by atoms with Crippen molar-refractivity contribution in [1.29, 1.82) is 5.26 Å². The van der Waals surface area contributed by atoms with Crippen LogP contribution < -0.4 is 10.2 Å². The largest absolute Gasteiger partial charge is 0.361 e. The van der Waals surface area contributed by atoms with Gasteiger partial charge in [0.25, 0.3) is 5.91 Å². The summed E-state index contributed by atoms with van der Waals surface area (Å²) in [6.45, 7) is 9.97. The molecule has 5 rings (SSSR count). The van der Waals surface area contributed by atoms with Crippen LogP contribution in [0.25, 0.3) is 11.0 Å². The minimum atomic E-state index is -1.14. The standard InChI is InChI=1S/C27H40N6O2Si/c1-36(2,3)15-14-35-19-32-12-10-23-25-24(17-30-26(23)32)27(34)31(13-11-28)18-33(25)22-8-4-20(5-9-22)16-29-21-6-7-21/h10,12,17,20-22,29H,4-9,13-16,18-19H2,1-3H3/t20-,22-. The maximum absolute atomic E-state index is 13.3. The number of rotatable bonds is 10. The van der Waals surface area contributed by atoms with Gasteiger partial charge in [-0.2, -0.15) is 5.26 Å². The average Bonchev–Trinajstić information content (AvgIpc) is 3.60. The molecule has 2 fully saturated rings. The van der Waals surface area contributed by atoms with Crippen molar-refractivity contribution in [2.45, 2.75) is 83.0 Å². The van der Waals surface area contributed by atoms with Gasteiger partial charge in [-0.05, 0) is 63.1 Å². The number of pyridine rings is 1. The second kappa shape index (κ2) is 10.5. The first-order valence-electron chi connectivity index (χ1n) is 13.6. The summed E-state index contributed by atoms with van der Waals surface area (Å²) in [7, 11) is -1.14. The molecule has 0 spiro atoms. The van der Waals surface area contributed by atoms with Gasteiger partial charge in [-0.25, -0.2) is 4.98 Å². The predicted octanol–water partition coefficient (Wildman–Crippen LogP) is 4.40. The van der Waals surface area contributed by atoms with Gasteiger partial charge in [0, 0.05) is 44.5 Å². The van der Waals surface area contributed by atoms with E-state index in [1.165, 1.54) is 25.7 Å². The summed E-state index contributed by atoms with van der Waals surface area (Å²) in [5, 5.41) is 14.1. The molecule has 0 saturated heterocycles. The lowest BCUT2D eigenvalue weighted by molar-refractivity contribution is 0.0754. The van der Waals surface area contributed by atoms with Gasteiger partial charge in [0.15, 0.2) is 0 Å². The zero-order valence-corrected chi connectivity index (χ0v) is 23.0. The molecule has 0 aromatic carbocycles. The van der Waals surface area contributed by atoms with Crippen LogP contribution in [-0.4, -0.2) is 66.9 Å². The lowest BCUT2D eigenvalue weighted by Crippen LogP contribution is -2.52. The highest BCUT2D eigenvalue weighted by Gasteiger charge is 2.37. The number of nitrogens with zero attached hydrogens (tertiary/aromatic N) is 5. The summed E-state index contributed by atoms with van der Waals surface area (Å²) >= 11 is 0. The number of carbonyl (C=O) groups is 1. The number of amides is 1. The second-order valence-electron chi connectivity index (χ2n) is 12.0. The second-order valence-corrected chi connectivity index (χ2v) is 17.6. The number of anilines is 1. The Kier molecular flexibility index (Phi) is 7.38. The zero-order chi connectivity index (χ0) is 25.3. The molecule has 2 aromatic heterocycles. The fourth-order valence-corrected chi connectivity index (χ4v) is 6.27. The smallest absolute Gasteiger partial charge is 0.259 e. The van der Waals surface area contributed by atoms with Gasteiger partial charge in [-0.3, -0.25) is 4.79 Å². The molecule has 0 unspecified atom stereocenters. The molecule has 0 radical (unpaired) electrons. The van der Waals surface area contributed by atoms with Gasteiger partial charge in [0.2, 0.25) is 0 Å². The van der Waals surface area contributed by atoms with Crippen LogP contribution in [0.5, 0.6) is 0 Å². The van der Waals surface area contributed by atoms with Crippen molar-refractivity contribution >= 4 is 30.7 Å². The zero-order valence-electron chi connectivity index (χ0n) is 22.0. The van der Waals surface area contributed by atoms with Crippen LogP contribution in [0.1, 0.15) is 48.9 Å². The van der Waals surface area contributed by atoms with Gasteiger partial charge in [-0.15, -0.1) is 0 Å². The fourth-order valence-electron chi connectivity index (χ4n) is 5.51. The van der Waals surface area contributed by atoms with Crippen LogP contribution >= 0.6 is 0 Å². The molecule has 194 valence electrons. The number of hydrogen-bond acceptors (Lipinski definition) is 6. The molecular formula is C27H40N6O2Si. The third-order valence-electron chi connectivity index (χ3n) is 7.91. The van der Waals surface area contributed by atoms with Crippen molar-refractivity contribution < 1.29 is 9.53 Å². The van der Waals surface area contributed by atoms with Crippen LogP contribution in [0.4, 0.5) is 5.69 Å². The summed E-state index contributed by atoms with van der Waals surface area (Å²) in [5.41, 5.74) is 2.45. The van der Waals surface area contributed by atoms with Crippen LogP contribution in [0, 0.1) is 17.2 Å². The molecule has 2 aliphatic carbocycles. The molecule has 9 heteroatoms. The van der Waals surface area contributed by atoms with E-state index in [0.717, 1.165) is 60.7 Å². The topological polar surface area (TPSA) is 86.4 Å². The predicted molar refractivity (Wildman–Crippen MR) is 145 cm³/mol. The lowest BCUT2D eigenvalue weighted by Gasteiger charge is -2.44. The number of aromatic nitrogens is 2. The highest BCUT2D eigenvalue weighted by Crippen LogP contribution is 2.39. The Labute approximate surface area is 215 Å². The lowest BCUT2D eigenvalue weighted by atomic mass is 9.84. The number of fused-ring (bicyclic) bond motifs is 3. The first-order valence-corrected chi connectivity index (χ1v) is 17.3. The molecule has 0 atom stereocenters. The summed E-state index contributed by atoms with van der Waals surface area (Å²) in [5.74, 6) is 0.633. The Hall–Kier alpha value is -2.41. The van der Waals surface area contributed by atoms with Crippen LogP contribution in [0.3, 0.4) is 0 Å². The molecule has 8 nitrogen and oxygen atoms in total. The van der Waals surface area contributed by atoms with E-state index in [-0.39, 0.29) is 12.5 Å². The molecule has 0 bridgehead atoms. The number of ether oxygens (including phenoxy) is 1. The van der Waals surface area contributed by atoms with Crippen molar-refractivity contribution in [3.8, 4) is 6.07 Å². The summed E-state index contributed by atoms with van der Waals surface area (Å²) in [4.78, 5) is 22.0. The van der Waals surface area contributed by atoms with Crippen LogP contribution in [0.15, 0.2) is 18.5 Å². The van der Waals surface area contributed by atoms with E-state index in [0.29, 0.717) is 25.0 Å². The number of hydrogen-bond donors (Lipinski definition) is 1. The maximum atomic E-state index is 13.3.